The van der Waals surface area contributed by atoms with E-state index in [0.29, 0.717) is 11.0 Å². The standard InChI is InChI=1S/C13H11BrClFN2/c14-11-6-9(7-12(16)13(11)15)8-17-18-10-4-2-1-3-5-10/h1-7,17-18H,8H2. The molecule has 0 atom stereocenters. The molecule has 0 fully saturated rings. The van der Waals surface area contributed by atoms with Crippen molar-refractivity contribution in [2.75, 3.05) is 5.43 Å². The minimum absolute atomic E-state index is 0.106. The SMILES string of the molecule is Fc1cc(CNNc2ccccc2)cc(Br)c1Cl. The van der Waals surface area contributed by atoms with Crippen molar-refractivity contribution >= 4 is 33.2 Å². The molecule has 94 valence electrons. The largest absolute Gasteiger partial charge is 0.321 e. The zero-order valence-electron chi connectivity index (χ0n) is 9.38. The normalized spacial score (nSPS) is 10.4. The first-order valence-electron chi connectivity index (χ1n) is 5.34. The van der Waals surface area contributed by atoms with E-state index in [9.17, 15) is 4.39 Å². The van der Waals surface area contributed by atoms with Crippen LogP contribution in [0.5, 0.6) is 0 Å². The van der Waals surface area contributed by atoms with Crippen molar-refractivity contribution < 1.29 is 4.39 Å². The molecule has 2 nitrogen and oxygen atoms in total. The number of anilines is 1. The van der Waals surface area contributed by atoms with E-state index in [0.717, 1.165) is 11.3 Å². The highest BCUT2D eigenvalue weighted by atomic mass is 79.9. The average Bonchev–Trinajstić information content (AvgIpc) is 2.37. The maximum Gasteiger partial charge on any atom is 0.143 e. The van der Waals surface area contributed by atoms with Crippen LogP contribution < -0.4 is 10.9 Å². The van der Waals surface area contributed by atoms with Crippen molar-refractivity contribution in [1.29, 1.82) is 0 Å². The summed E-state index contributed by atoms with van der Waals surface area (Å²) in [5.41, 5.74) is 7.79. The van der Waals surface area contributed by atoms with Gasteiger partial charge in [-0.05, 0) is 45.8 Å². The summed E-state index contributed by atoms with van der Waals surface area (Å²) in [5, 5.41) is 0.106. The lowest BCUT2D eigenvalue weighted by Gasteiger charge is -2.09. The number of hydrogen-bond acceptors (Lipinski definition) is 2. The van der Waals surface area contributed by atoms with Gasteiger partial charge in [0.25, 0.3) is 0 Å². The van der Waals surface area contributed by atoms with Crippen molar-refractivity contribution in [3.05, 3.63) is 63.3 Å². The molecule has 2 aromatic rings. The van der Waals surface area contributed by atoms with Gasteiger partial charge in [0, 0.05) is 16.7 Å². The lowest BCUT2D eigenvalue weighted by atomic mass is 10.2. The van der Waals surface area contributed by atoms with Crippen LogP contribution in [-0.2, 0) is 6.54 Å². The maximum absolute atomic E-state index is 13.4. The van der Waals surface area contributed by atoms with Crippen molar-refractivity contribution in [2.24, 2.45) is 0 Å². The highest BCUT2D eigenvalue weighted by Crippen LogP contribution is 2.26. The number of hydrogen-bond donors (Lipinski definition) is 2. The predicted octanol–water partition coefficient (Wildman–Crippen LogP) is 4.36. The number of benzene rings is 2. The van der Waals surface area contributed by atoms with E-state index in [1.807, 2.05) is 30.3 Å². The molecule has 0 bridgehead atoms. The van der Waals surface area contributed by atoms with Gasteiger partial charge in [0.15, 0.2) is 0 Å². The summed E-state index contributed by atoms with van der Waals surface area (Å²) >= 11 is 8.94. The Morgan fingerprint density at radius 2 is 1.89 bits per heavy atom. The van der Waals surface area contributed by atoms with Crippen LogP contribution in [0.2, 0.25) is 5.02 Å². The molecule has 0 spiro atoms. The minimum atomic E-state index is -0.428. The molecule has 0 heterocycles. The van der Waals surface area contributed by atoms with Gasteiger partial charge < -0.3 is 5.43 Å². The Bertz CT molecular complexity index is 511. The van der Waals surface area contributed by atoms with Crippen LogP contribution in [0.1, 0.15) is 5.56 Å². The van der Waals surface area contributed by atoms with Crippen LogP contribution >= 0.6 is 27.5 Å². The predicted molar refractivity (Wildman–Crippen MR) is 76.0 cm³/mol. The van der Waals surface area contributed by atoms with Crippen molar-refractivity contribution in [3.63, 3.8) is 0 Å². The minimum Gasteiger partial charge on any atom is -0.321 e. The number of hydrazine groups is 1. The Morgan fingerprint density at radius 1 is 1.17 bits per heavy atom. The van der Waals surface area contributed by atoms with Crippen molar-refractivity contribution in [3.8, 4) is 0 Å². The van der Waals surface area contributed by atoms with Crippen molar-refractivity contribution in [2.45, 2.75) is 6.54 Å². The highest BCUT2D eigenvalue weighted by Gasteiger charge is 2.06. The fourth-order valence-electron chi connectivity index (χ4n) is 1.48. The summed E-state index contributed by atoms with van der Waals surface area (Å²) in [6, 6.07) is 12.9. The van der Waals surface area contributed by atoms with E-state index < -0.39 is 5.82 Å². The van der Waals surface area contributed by atoms with Crippen molar-refractivity contribution in [1.82, 2.24) is 5.43 Å². The molecule has 0 unspecified atom stereocenters. The summed E-state index contributed by atoms with van der Waals surface area (Å²) in [5.74, 6) is -0.428. The maximum atomic E-state index is 13.4. The number of para-hydroxylation sites is 1. The van der Waals surface area contributed by atoms with Gasteiger partial charge in [0.05, 0.1) is 5.02 Å². The zero-order chi connectivity index (χ0) is 13.0. The summed E-state index contributed by atoms with van der Waals surface area (Å²) in [4.78, 5) is 0. The van der Waals surface area contributed by atoms with E-state index in [-0.39, 0.29) is 5.02 Å². The Labute approximate surface area is 118 Å². The van der Waals surface area contributed by atoms with Crippen LogP contribution in [0.4, 0.5) is 10.1 Å². The average molecular weight is 330 g/mol. The second kappa shape index (κ2) is 6.18. The van der Waals surface area contributed by atoms with E-state index in [1.54, 1.807) is 6.07 Å². The molecule has 2 rings (SSSR count). The van der Waals surface area contributed by atoms with E-state index in [1.165, 1.54) is 6.07 Å². The van der Waals surface area contributed by atoms with Gasteiger partial charge in [-0.3, -0.25) is 0 Å². The molecule has 5 heteroatoms. The Morgan fingerprint density at radius 3 is 2.56 bits per heavy atom. The van der Waals surface area contributed by atoms with Crippen LogP contribution in [-0.4, -0.2) is 0 Å². The molecule has 0 radical (unpaired) electrons. The first-order valence-corrected chi connectivity index (χ1v) is 6.51. The number of nitrogens with one attached hydrogen (secondary N) is 2. The third-order valence-electron chi connectivity index (χ3n) is 2.34. The van der Waals surface area contributed by atoms with Gasteiger partial charge >= 0.3 is 0 Å². The molecule has 0 aliphatic rings. The Hall–Kier alpha value is -1.10. The molecule has 0 aliphatic carbocycles. The second-order valence-electron chi connectivity index (χ2n) is 3.72. The first-order chi connectivity index (χ1) is 8.66. The molecule has 18 heavy (non-hydrogen) atoms. The lowest BCUT2D eigenvalue weighted by molar-refractivity contribution is 0.623. The second-order valence-corrected chi connectivity index (χ2v) is 4.95. The molecule has 2 aromatic carbocycles. The quantitative estimate of drug-likeness (QED) is 0.643. The third-order valence-corrected chi connectivity index (χ3v) is 3.58. The Balaban J connectivity index is 1.95. The molecule has 0 saturated carbocycles. The van der Waals surface area contributed by atoms with E-state index in [4.69, 9.17) is 11.6 Å². The monoisotopic (exact) mass is 328 g/mol. The summed E-state index contributed by atoms with van der Waals surface area (Å²) < 4.78 is 13.9. The molecule has 0 aromatic heterocycles. The molecule has 0 saturated heterocycles. The lowest BCUT2D eigenvalue weighted by Crippen LogP contribution is -2.20. The summed E-state index contributed by atoms with van der Waals surface area (Å²) in [6.07, 6.45) is 0. The first kappa shape index (κ1) is 13.3. The van der Waals surface area contributed by atoms with Crippen LogP contribution in [0.25, 0.3) is 0 Å². The molecule has 2 N–H and O–H groups in total. The third kappa shape index (κ3) is 3.45. The van der Waals surface area contributed by atoms with Gasteiger partial charge in [-0.15, -0.1) is 0 Å². The molecule has 0 aliphatic heterocycles. The molecular weight excluding hydrogens is 319 g/mol. The van der Waals surface area contributed by atoms with Gasteiger partial charge in [-0.2, -0.15) is 0 Å². The van der Waals surface area contributed by atoms with E-state index >= 15 is 0 Å². The molecule has 0 amide bonds. The van der Waals surface area contributed by atoms with Gasteiger partial charge in [-0.25, -0.2) is 9.82 Å². The van der Waals surface area contributed by atoms with Gasteiger partial charge in [0.1, 0.15) is 5.82 Å². The van der Waals surface area contributed by atoms with Crippen LogP contribution in [0.15, 0.2) is 46.9 Å². The topological polar surface area (TPSA) is 24.1 Å². The van der Waals surface area contributed by atoms with Gasteiger partial charge in [0.2, 0.25) is 0 Å². The number of rotatable bonds is 4. The zero-order valence-corrected chi connectivity index (χ0v) is 11.7. The van der Waals surface area contributed by atoms with Crippen LogP contribution in [0.3, 0.4) is 0 Å². The number of halogens is 3. The van der Waals surface area contributed by atoms with Crippen LogP contribution in [0, 0.1) is 5.82 Å². The summed E-state index contributed by atoms with van der Waals surface area (Å²) in [7, 11) is 0. The fourth-order valence-corrected chi connectivity index (χ4v) is 2.07. The fraction of sp³-hybridized carbons (Fsp3) is 0.0769. The molecular formula is C13H11BrClFN2. The van der Waals surface area contributed by atoms with Gasteiger partial charge in [-0.1, -0.05) is 29.8 Å². The van der Waals surface area contributed by atoms with E-state index in [2.05, 4.69) is 26.8 Å². The summed E-state index contributed by atoms with van der Waals surface area (Å²) in [6.45, 7) is 0.488. The highest BCUT2D eigenvalue weighted by molar-refractivity contribution is 9.10. The smallest absolute Gasteiger partial charge is 0.143 e. The Kier molecular flexibility index (Phi) is 4.58.